The van der Waals surface area contributed by atoms with Crippen molar-refractivity contribution in [3.8, 4) is 5.75 Å². The minimum atomic E-state index is -0.147. The van der Waals surface area contributed by atoms with Crippen LogP contribution in [0.3, 0.4) is 0 Å². The van der Waals surface area contributed by atoms with Crippen LogP contribution in [0.2, 0.25) is 0 Å². The van der Waals surface area contributed by atoms with Gasteiger partial charge >= 0.3 is 0 Å². The number of benzene rings is 2. The minimum Gasteiger partial charge on any atom is -0.497 e. The summed E-state index contributed by atoms with van der Waals surface area (Å²) >= 11 is 0. The number of ether oxygens (including phenoxy) is 1. The molecule has 1 unspecified atom stereocenters. The Morgan fingerprint density at radius 1 is 0.966 bits per heavy atom. The van der Waals surface area contributed by atoms with Gasteiger partial charge in [0.05, 0.1) is 13.3 Å². The summed E-state index contributed by atoms with van der Waals surface area (Å²) < 4.78 is 19.7. The van der Waals surface area contributed by atoms with Gasteiger partial charge in [0, 0.05) is 44.1 Å². The van der Waals surface area contributed by atoms with E-state index in [1.807, 2.05) is 36.7 Å². The monoisotopic (exact) mass is 391 g/mol. The first-order chi connectivity index (χ1) is 14.2. The average Bonchev–Trinajstić information content (AvgIpc) is 2.76. The highest BCUT2D eigenvalue weighted by Crippen LogP contribution is 2.32. The maximum Gasteiger partial charge on any atom is 0.127 e. The van der Waals surface area contributed by atoms with E-state index in [-0.39, 0.29) is 12.0 Å². The number of halogens is 1. The van der Waals surface area contributed by atoms with Crippen LogP contribution in [-0.4, -0.2) is 35.0 Å². The molecule has 0 N–H and O–H groups in total. The van der Waals surface area contributed by atoms with E-state index < -0.39 is 0 Å². The summed E-state index contributed by atoms with van der Waals surface area (Å²) in [4.78, 5) is 8.99. The fraction of sp³-hybridized carbons (Fsp3) is 0.292. The van der Waals surface area contributed by atoms with Crippen molar-refractivity contribution < 1.29 is 9.13 Å². The van der Waals surface area contributed by atoms with Crippen molar-refractivity contribution in [1.29, 1.82) is 0 Å². The standard InChI is InChI=1S/C24H26FN3O/c1-29-22-8-4-6-19(16-22)17-27-14-5-15-28(18-21-7-2-3-9-23(21)25)24(27)20-10-12-26-13-11-20/h2-4,6-13,16,24H,5,14-15,17-18H2,1H3. The summed E-state index contributed by atoms with van der Waals surface area (Å²) in [6.07, 6.45) is 4.77. The minimum absolute atomic E-state index is 0.0672. The predicted molar refractivity (Wildman–Crippen MR) is 112 cm³/mol. The predicted octanol–water partition coefficient (Wildman–Crippen LogP) is 4.64. The first kappa shape index (κ1) is 19.6. The molecule has 1 aromatic heterocycles. The van der Waals surface area contributed by atoms with E-state index in [1.165, 1.54) is 17.2 Å². The molecule has 0 amide bonds. The first-order valence-electron chi connectivity index (χ1n) is 9.99. The molecule has 2 heterocycles. The van der Waals surface area contributed by atoms with Crippen LogP contribution >= 0.6 is 0 Å². The zero-order valence-corrected chi connectivity index (χ0v) is 16.7. The van der Waals surface area contributed by atoms with Crippen LogP contribution in [0.25, 0.3) is 0 Å². The van der Waals surface area contributed by atoms with Gasteiger partial charge in [-0.2, -0.15) is 0 Å². The van der Waals surface area contributed by atoms with E-state index in [0.717, 1.165) is 37.4 Å². The number of pyridine rings is 1. The molecule has 2 aromatic carbocycles. The van der Waals surface area contributed by atoms with Gasteiger partial charge in [0.25, 0.3) is 0 Å². The Morgan fingerprint density at radius 3 is 2.48 bits per heavy atom. The van der Waals surface area contributed by atoms with Gasteiger partial charge in [-0.05, 0) is 47.9 Å². The maximum absolute atomic E-state index is 14.3. The van der Waals surface area contributed by atoms with Crippen molar-refractivity contribution in [3.05, 3.63) is 95.6 Å². The normalized spacial score (nSPS) is 17.9. The molecule has 1 aliphatic heterocycles. The zero-order chi connectivity index (χ0) is 20.1. The summed E-state index contributed by atoms with van der Waals surface area (Å²) in [6, 6.07) is 19.4. The molecule has 4 nitrogen and oxygen atoms in total. The van der Waals surface area contributed by atoms with Crippen LogP contribution in [0.1, 0.15) is 29.3 Å². The van der Waals surface area contributed by atoms with Gasteiger partial charge in [0.2, 0.25) is 0 Å². The van der Waals surface area contributed by atoms with E-state index in [1.54, 1.807) is 13.2 Å². The van der Waals surface area contributed by atoms with Crippen molar-refractivity contribution in [1.82, 2.24) is 14.8 Å². The molecule has 1 fully saturated rings. The fourth-order valence-corrected chi connectivity index (χ4v) is 4.09. The van der Waals surface area contributed by atoms with Crippen LogP contribution in [0, 0.1) is 5.82 Å². The van der Waals surface area contributed by atoms with Gasteiger partial charge in [0.15, 0.2) is 0 Å². The van der Waals surface area contributed by atoms with Crippen molar-refractivity contribution in [2.75, 3.05) is 20.2 Å². The summed E-state index contributed by atoms with van der Waals surface area (Å²) in [5.74, 6) is 0.717. The SMILES string of the molecule is COc1cccc(CN2CCCN(Cc3ccccc3F)C2c2ccncc2)c1. The van der Waals surface area contributed by atoms with E-state index in [9.17, 15) is 4.39 Å². The molecule has 0 aliphatic carbocycles. The van der Waals surface area contributed by atoms with Crippen LogP contribution in [0.4, 0.5) is 4.39 Å². The topological polar surface area (TPSA) is 28.6 Å². The van der Waals surface area contributed by atoms with Gasteiger partial charge in [-0.15, -0.1) is 0 Å². The molecule has 1 saturated heterocycles. The molecular weight excluding hydrogens is 365 g/mol. The van der Waals surface area contributed by atoms with E-state index in [4.69, 9.17) is 4.74 Å². The average molecular weight is 391 g/mol. The molecule has 5 heteroatoms. The number of rotatable bonds is 6. The second-order valence-electron chi connectivity index (χ2n) is 7.39. The van der Waals surface area contributed by atoms with Gasteiger partial charge in [-0.3, -0.25) is 14.8 Å². The largest absolute Gasteiger partial charge is 0.497 e. The Kier molecular flexibility index (Phi) is 6.17. The number of nitrogens with zero attached hydrogens (tertiary/aromatic N) is 3. The third kappa shape index (κ3) is 4.63. The summed E-state index contributed by atoms with van der Waals surface area (Å²) in [5, 5.41) is 0. The molecule has 1 atom stereocenters. The number of methoxy groups -OCH3 is 1. The summed E-state index contributed by atoms with van der Waals surface area (Å²) in [6.45, 7) is 3.29. The Hall–Kier alpha value is -2.76. The van der Waals surface area contributed by atoms with E-state index in [0.29, 0.717) is 6.54 Å². The lowest BCUT2D eigenvalue weighted by molar-refractivity contribution is -0.00971. The number of aromatic nitrogens is 1. The highest BCUT2D eigenvalue weighted by molar-refractivity contribution is 5.29. The van der Waals surface area contributed by atoms with Gasteiger partial charge in [-0.1, -0.05) is 30.3 Å². The summed E-state index contributed by atoms with van der Waals surface area (Å²) in [5.41, 5.74) is 3.12. The van der Waals surface area contributed by atoms with Crippen LogP contribution in [0.15, 0.2) is 73.1 Å². The lowest BCUT2D eigenvalue weighted by Gasteiger charge is -2.44. The van der Waals surface area contributed by atoms with Crippen LogP contribution < -0.4 is 4.74 Å². The Morgan fingerprint density at radius 2 is 1.72 bits per heavy atom. The zero-order valence-electron chi connectivity index (χ0n) is 16.7. The third-order valence-electron chi connectivity index (χ3n) is 5.44. The van der Waals surface area contributed by atoms with Crippen molar-refractivity contribution in [2.24, 2.45) is 0 Å². The van der Waals surface area contributed by atoms with Crippen molar-refractivity contribution >= 4 is 0 Å². The number of hydrogen-bond acceptors (Lipinski definition) is 4. The lowest BCUT2D eigenvalue weighted by Crippen LogP contribution is -2.47. The first-order valence-corrected chi connectivity index (χ1v) is 9.99. The molecule has 3 aromatic rings. The van der Waals surface area contributed by atoms with Gasteiger partial charge in [0.1, 0.15) is 11.6 Å². The van der Waals surface area contributed by atoms with Crippen molar-refractivity contribution in [3.63, 3.8) is 0 Å². The lowest BCUT2D eigenvalue weighted by atomic mass is 10.0. The highest BCUT2D eigenvalue weighted by atomic mass is 19.1. The Labute approximate surface area is 171 Å². The van der Waals surface area contributed by atoms with Crippen LogP contribution in [-0.2, 0) is 13.1 Å². The fourth-order valence-electron chi connectivity index (χ4n) is 4.09. The molecule has 0 saturated carbocycles. The van der Waals surface area contributed by atoms with Gasteiger partial charge < -0.3 is 4.74 Å². The molecule has 150 valence electrons. The Bertz CT molecular complexity index is 934. The second-order valence-corrected chi connectivity index (χ2v) is 7.39. The third-order valence-corrected chi connectivity index (χ3v) is 5.44. The van der Waals surface area contributed by atoms with Gasteiger partial charge in [-0.25, -0.2) is 4.39 Å². The second kappa shape index (κ2) is 9.16. The number of hydrogen-bond donors (Lipinski definition) is 0. The van der Waals surface area contributed by atoms with E-state index >= 15 is 0 Å². The van der Waals surface area contributed by atoms with Crippen molar-refractivity contribution in [2.45, 2.75) is 25.7 Å². The smallest absolute Gasteiger partial charge is 0.127 e. The Balaban J connectivity index is 1.63. The molecule has 1 aliphatic rings. The molecule has 0 spiro atoms. The summed E-state index contributed by atoms with van der Waals surface area (Å²) in [7, 11) is 1.69. The van der Waals surface area contributed by atoms with E-state index in [2.05, 4.69) is 39.0 Å². The molecule has 0 bridgehead atoms. The van der Waals surface area contributed by atoms with Crippen LogP contribution in [0.5, 0.6) is 5.75 Å². The maximum atomic E-state index is 14.3. The molecular formula is C24H26FN3O. The molecule has 4 rings (SSSR count). The molecule has 29 heavy (non-hydrogen) atoms. The quantitative estimate of drug-likeness (QED) is 0.612. The molecule has 0 radical (unpaired) electrons. The highest BCUT2D eigenvalue weighted by Gasteiger charge is 2.31.